The molecule has 0 heterocycles. The van der Waals surface area contributed by atoms with Gasteiger partial charge in [0.25, 0.3) is 0 Å². The van der Waals surface area contributed by atoms with E-state index in [0.717, 1.165) is 5.56 Å². The molecular weight excluding hydrogens is 266 g/mol. The van der Waals surface area contributed by atoms with Crippen LogP contribution in [0.25, 0.3) is 0 Å². The highest BCUT2D eigenvalue weighted by Gasteiger charge is 2.16. The summed E-state index contributed by atoms with van der Waals surface area (Å²) in [7, 11) is 0. The predicted octanol–water partition coefficient (Wildman–Crippen LogP) is 1.31. The third-order valence-electron chi connectivity index (χ3n) is 3.05. The van der Waals surface area contributed by atoms with E-state index in [2.05, 4.69) is 5.32 Å². The maximum atomic E-state index is 12.1. The van der Waals surface area contributed by atoms with Gasteiger partial charge in [-0.25, -0.2) is 0 Å². The van der Waals surface area contributed by atoms with Crippen molar-refractivity contribution in [1.82, 2.24) is 10.2 Å². The van der Waals surface area contributed by atoms with Crippen molar-refractivity contribution in [2.24, 2.45) is 11.7 Å². The molecule has 0 aromatic heterocycles. The third kappa shape index (κ3) is 6.90. The van der Waals surface area contributed by atoms with Gasteiger partial charge < -0.3 is 11.1 Å². The molecule has 0 radical (unpaired) electrons. The summed E-state index contributed by atoms with van der Waals surface area (Å²) in [6.45, 7) is 6.96. The second kappa shape index (κ2) is 8.42. The van der Waals surface area contributed by atoms with Gasteiger partial charge in [-0.3, -0.25) is 14.5 Å². The molecule has 0 aliphatic heterocycles. The molecule has 116 valence electrons. The maximum Gasteiger partial charge on any atom is 0.234 e. The van der Waals surface area contributed by atoms with E-state index < -0.39 is 5.91 Å². The van der Waals surface area contributed by atoms with Gasteiger partial charge in [-0.15, -0.1) is 0 Å². The Hall–Kier alpha value is -1.88. The van der Waals surface area contributed by atoms with Gasteiger partial charge in [0.2, 0.25) is 11.8 Å². The number of hydrogen-bond acceptors (Lipinski definition) is 3. The van der Waals surface area contributed by atoms with Crippen LogP contribution < -0.4 is 11.1 Å². The predicted molar refractivity (Wildman–Crippen MR) is 83.5 cm³/mol. The van der Waals surface area contributed by atoms with Crippen LogP contribution in [-0.2, 0) is 9.59 Å². The number of carbonyl (C=O) groups excluding carboxylic acids is 2. The number of amides is 2. The molecule has 0 saturated carbocycles. The van der Waals surface area contributed by atoms with E-state index >= 15 is 0 Å². The monoisotopic (exact) mass is 291 g/mol. The Kier molecular flexibility index (Phi) is 6.88. The Morgan fingerprint density at radius 3 is 2.29 bits per heavy atom. The van der Waals surface area contributed by atoms with E-state index in [1.54, 1.807) is 4.90 Å². The van der Waals surface area contributed by atoms with Crippen LogP contribution in [0.5, 0.6) is 0 Å². The minimum absolute atomic E-state index is 0.0619. The SMILES string of the molecule is CC(C)CN(CC(N)=O)CC(=O)NC(C)c1ccccc1. The van der Waals surface area contributed by atoms with Crippen molar-refractivity contribution >= 4 is 11.8 Å². The lowest BCUT2D eigenvalue weighted by molar-refractivity contribution is -0.124. The average molecular weight is 291 g/mol. The molecule has 3 N–H and O–H groups in total. The van der Waals surface area contributed by atoms with Crippen molar-refractivity contribution < 1.29 is 9.59 Å². The number of nitrogens with one attached hydrogen (secondary N) is 1. The molecule has 21 heavy (non-hydrogen) atoms. The first-order valence-corrected chi connectivity index (χ1v) is 7.23. The van der Waals surface area contributed by atoms with E-state index in [9.17, 15) is 9.59 Å². The van der Waals surface area contributed by atoms with Crippen LogP contribution in [0, 0.1) is 5.92 Å². The van der Waals surface area contributed by atoms with Crippen LogP contribution in [-0.4, -0.2) is 36.3 Å². The van der Waals surface area contributed by atoms with Gasteiger partial charge in [-0.05, 0) is 18.4 Å². The normalized spacial score (nSPS) is 12.4. The highest BCUT2D eigenvalue weighted by atomic mass is 16.2. The number of carbonyl (C=O) groups is 2. The zero-order chi connectivity index (χ0) is 15.8. The lowest BCUT2D eigenvalue weighted by Crippen LogP contribution is -2.43. The Morgan fingerprint density at radius 2 is 1.76 bits per heavy atom. The fourth-order valence-corrected chi connectivity index (χ4v) is 2.24. The molecule has 1 rings (SSSR count). The van der Waals surface area contributed by atoms with Crippen molar-refractivity contribution in [3.8, 4) is 0 Å². The fraction of sp³-hybridized carbons (Fsp3) is 0.500. The van der Waals surface area contributed by atoms with Gasteiger partial charge in [-0.2, -0.15) is 0 Å². The highest BCUT2D eigenvalue weighted by molar-refractivity contribution is 5.80. The zero-order valence-electron chi connectivity index (χ0n) is 13.0. The molecule has 1 aromatic carbocycles. The molecule has 0 aliphatic carbocycles. The van der Waals surface area contributed by atoms with E-state index in [-0.39, 0.29) is 25.0 Å². The molecule has 1 unspecified atom stereocenters. The van der Waals surface area contributed by atoms with Crippen LogP contribution in [0.3, 0.4) is 0 Å². The summed E-state index contributed by atoms with van der Waals surface area (Å²) in [6.07, 6.45) is 0. The van der Waals surface area contributed by atoms with Gasteiger partial charge in [0.05, 0.1) is 19.1 Å². The Balaban J connectivity index is 2.55. The second-order valence-corrected chi connectivity index (χ2v) is 5.73. The Bertz CT molecular complexity index is 460. The van der Waals surface area contributed by atoms with Gasteiger partial charge in [0.1, 0.15) is 0 Å². The molecule has 0 saturated heterocycles. The van der Waals surface area contributed by atoms with Crippen molar-refractivity contribution in [3.05, 3.63) is 35.9 Å². The quantitative estimate of drug-likeness (QED) is 0.758. The topological polar surface area (TPSA) is 75.4 Å². The second-order valence-electron chi connectivity index (χ2n) is 5.73. The third-order valence-corrected chi connectivity index (χ3v) is 3.05. The fourth-order valence-electron chi connectivity index (χ4n) is 2.24. The Morgan fingerprint density at radius 1 is 1.14 bits per heavy atom. The smallest absolute Gasteiger partial charge is 0.234 e. The number of primary amides is 1. The Labute approximate surface area is 126 Å². The molecule has 0 spiro atoms. The summed E-state index contributed by atoms with van der Waals surface area (Å²) in [5.41, 5.74) is 6.28. The first-order valence-electron chi connectivity index (χ1n) is 7.23. The molecule has 5 nitrogen and oxygen atoms in total. The molecule has 5 heteroatoms. The standard InChI is InChI=1S/C16H25N3O2/c1-12(2)9-19(10-15(17)20)11-16(21)18-13(3)14-7-5-4-6-8-14/h4-8,12-13H,9-11H2,1-3H3,(H2,17,20)(H,18,21). The molecule has 0 bridgehead atoms. The summed E-state index contributed by atoms with van der Waals surface area (Å²) < 4.78 is 0. The number of nitrogens with two attached hydrogens (primary N) is 1. The van der Waals surface area contributed by atoms with E-state index in [1.165, 1.54) is 0 Å². The highest BCUT2D eigenvalue weighted by Crippen LogP contribution is 2.10. The molecule has 0 fully saturated rings. The van der Waals surface area contributed by atoms with Crippen LogP contribution in [0.15, 0.2) is 30.3 Å². The summed E-state index contributed by atoms with van der Waals surface area (Å²) >= 11 is 0. The summed E-state index contributed by atoms with van der Waals surface area (Å²) in [6, 6.07) is 9.70. The summed E-state index contributed by atoms with van der Waals surface area (Å²) in [5.74, 6) is -0.156. The van der Waals surface area contributed by atoms with Crippen molar-refractivity contribution in [2.45, 2.75) is 26.8 Å². The number of nitrogens with zero attached hydrogens (tertiary/aromatic N) is 1. The van der Waals surface area contributed by atoms with Crippen molar-refractivity contribution in [3.63, 3.8) is 0 Å². The van der Waals surface area contributed by atoms with Crippen LogP contribution >= 0.6 is 0 Å². The van der Waals surface area contributed by atoms with E-state index in [4.69, 9.17) is 5.73 Å². The summed E-state index contributed by atoms with van der Waals surface area (Å²) in [5, 5.41) is 2.94. The average Bonchev–Trinajstić information content (AvgIpc) is 2.37. The lowest BCUT2D eigenvalue weighted by Gasteiger charge is -2.23. The maximum absolute atomic E-state index is 12.1. The van der Waals surface area contributed by atoms with Crippen molar-refractivity contribution in [2.75, 3.05) is 19.6 Å². The van der Waals surface area contributed by atoms with Crippen LogP contribution in [0.1, 0.15) is 32.4 Å². The van der Waals surface area contributed by atoms with Gasteiger partial charge >= 0.3 is 0 Å². The van der Waals surface area contributed by atoms with Crippen LogP contribution in [0.2, 0.25) is 0 Å². The molecule has 0 aliphatic rings. The molecule has 1 atom stereocenters. The minimum atomic E-state index is -0.417. The van der Waals surface area contributed by atoms with Crippen LogP contribution in [0.4, 0.5) is 0 Å². The van der Waals surface area contributed by atoms with Gasteiger partial charge in [0, 0.05) is 6.54 Å². The number of rotatable bonds is 8. The zero-order valence-corrected chi connectivity index (χ0v) is 13.0. The van der Waals surface area contributed by atoms with E-state index in [1.807, 2.05) is 51.1 Å². The van der Waals surface area contributed by atoms with Gasteiger partial charge in [0.15, 0.2) is 0 Å². The first-order chi connectivity index (χ1) is 9.88. The van der Waals surface area contributed by atoms with E-state index in [0.29, 0.717) is 12.5 Å². The molecular formula is C16H25N3O2. The minimum Gasteiger partial charge on any atom is -0.369 e. The lowest BCUT2D eigenvalue weighted by atomic mass is 10.1. The molecule has 1 aromatic rings. The summed E-state index contributed by atoms with van der Waals surface area (Å²) in [4.78, 5) is 24.9. The molecule has 2 amide bonds. The van der Waals surface area contributed by atoms with Crippen molar-refractivity contribution in [1.29, 1.82) is 0 Å². The number of benzene rings is 1. The largest absolute Gasteiger partial charge is 0.369 e. The number of hydrogen-bond donors (Lipinski definition) is 2. The van der Waals surface area contributed by atoms with Gasteiger partial charge in [-0.1, -0.05) is 44.2 Å². The first kappa shape index (κ1) is 17.2.